The first-order valence-corrected chi connectivity index (χ1v) is 11.9. The Morgan fingerprint density at radius 2 is 1.52 bits per heavy atom. The molecule has 8 heteroatoms. The molecule has 0 bridgehead atoms. The smallest absolute Gasteiger partial charge is 0.392 e. The number of hydrogen-bond donors (Lipinski definition) is 2. The molecule has 0 aromatic rings. The summed E-state index contributed by atoms with van der Waals surface area (Å²) in [5.74, 6) is 0.0842. The molecule has 6 atom stereocenters. The zero-order valence-corrected chi connectivity index (χ0v) is 18.2. The van der Waals surface area contributed by atoms with Crippen LogP contribution in [0.3, 0.4) is 0 Å². The third-order valence-electron chi connectivity index (χ3n) is 5.13. The van der Waals surface area contributed by atoms with Gasteiger partial charge in [0.25, 0.3) is 0 Å². The molecule has 27 heavy (non-hydrogen) atoms. The number of unbranched alkanes of at least 4 members (excludes halogenated alkanes) is 4. The lowest BCUT2D eigenvalue weighted by atomic mass is 9.85. The summed E-state index contributed by atoms with van der Waals surface area (Å²) in [5, 5.41) is 10.3. The molecule has 1 heterocycles. The Morgan fingerprint density at radius 3 is 2.11 bits per heavy atom. The monoisotopic (exact) mass is 410 g/mol. The van der Waals surface area contributed by atoms with E-state index >= 15 is 0 Å². The molecule has 162 valence electrons. The summed E-state index contributed by atoms with van der Waals surface area (Å²) in [4.78, 5) is 9.49. The van der Waals surface area contributed by atoms with Crippen LogP contribution in [0.4, 0.5) is 0 Å². The number of rotatable bonds is 14. The lowest BCUT2D eigenvalue weighted by Crippen LogP contribution is -2.49. The minimum absolute atomic E-state index is 0.0343. The number of hydrogen-bond acceptors (Lipinski definition) is 6. The fourth-order valence-electron chi connectivity index (χ4n) is 3.24. The third kappa shape index (κ3) is 9.35. The van der Waals surface area contributed by atoms with Gasteiger partial charge in [-0.3, -0.25) is 9.05 Å². The Bertz CT molecular complexity index is 432. The van der Waals surface area contributed by atoms with E-state index in [0.29, 0.717) is 13.0 Å². The van der Waals surface area contributed by atoms with E-state index in [-0.39, 0.29) is 37.4 Å². The van der Waals surface area contributed by atoms with Crippen LogP contribution >= 0.6 is 7.82 Å². The third-order valence-corrected chi connectivity index (χ3v) is 6.15. The van der Waals surface area contributed by atoms with Gasteiger partial charge in [-0.05, 0) is 25.7 Å². The van der Waals surface area contributed by atoms with E-state index in [4.69, 9.17) is 18.5 Å². The molecule has 1 saturated heterocycles. The fraction of sp³-hybridized carbons (Fsp3) is 1.00. The van der Waals surface area contributed by atoms with Crippen molar-refractivity contribution in [3.8, 4) is 0 Å². The average molecular weight is 410 g/mol. The highest BCUT2D eigenvalue weighted by molar-refractivity contribution is 7.47. The second kappa shape index (κ2) is 13.3. The van der Waals surface area contributed by atoms with Crippen LogP contribution in [0, 0.1) is 11.8 Å². The van der Waals surface area contributed by atoms with Crippen molar-refractivity contribution in [2.24, 2.45) is 11.8 Å². The van der Waals surface area contributed by atoms with Crippen molar-refractivity contribution in [2.75, 3.05) is 19.8 Å². The van der Waals surface area contributed by atoms with Crippen LogP contribution < -0.4 is 0 Å². The lowest BCUT2D eigenvalue weighted by molar-refractivity contribution is -0.262. The van der Waals surface area contributed by atoms with E-state index < -0.39 is 13.9 Å². The number of phosphoric ester groups is 1. The van der Waals surface area contributed by atoms with Gasteiger partial charge in [-0.2, -0.15) is 0 Å². The van der Waals surface area contributed by atoms with Gasteiger partial charge >= 0.3 is 7.82 Å². The Hall–Kier alpha value is -0.0100. The molecular weight excluding hydrogens is 371 g/mol. The van der Waals surface area contributed by atoms with Crippen LogP contribution in [0.5, 0.6) is 0 Å². The number of phosphoric acid groups is 1. The number of ether oxygens (including phenoxy) is 2. The second-order valence-electron chi connectivity index (χ2n) is 7.43. The van der Waals surface area contributed by atoms with Crippen molar-refractivity contribution < 1.29 is 33.1 Å². The number of aliphatic hydroxyl groups is 1. The fourth-order valence-corrected chi connectivity index (χ4v) is 4.03. The molecule has 0 aliphatic carbocycles. The summed E-state index contributed by atoms with van der Waals surface area (Å²) in [7, 11) is -3.89. The minimum atomic E-state index is -3.89. The molecule has 2 N–H and O–H groups in total. The summed E-state index contributed by atoms with van der Waals surface area (Å²) >= 11 is 0. The van der Waals surface area contributed by atoms with Gasteiger partial charge in [-0.25, -0.2) is 4.57 Å². The average Bonchev–Trinajstić information content (AvgIpc) is 2.63. The van der Waals surface area contributed by atoms with Crippen molar-refractivity contribution in [3.05, 3.63) is 0 Å². The summed E-state index contributed by atoms with van der Waals surface area (Å²) in [6, 6.07) is 0. The first kappa shape index (κ1) is 25.0. The molecule has 1 fully saturated rings. The molecule has 0 radical (unpaired) electrons. The molecule has 7 nitrogen and oxygen atoms in total. The first-order chi connectivity index (χ1) is 12.8. The maximum absolute atomic E-state index is 11.6. The van der Waals surface area contributed by atoms with Gasteiger partial charge in [0, 0.05) is 18.4 Å². The molecule has 0 saturated carbocycles. The summed E-state index contributed by atoms with van der Waals surface area (Å²) in [6.07, 6.45) is 5.18. The van der Waals surface area contributed by atoms with Crippen molar-refractivity contribution in [1.82, 2.24) is 0 Å². The van der Waals surface area contributed by atoms with Gasteiger partial charge in [0.2, 0.25) is 0 Å². The Morgan fingerprint density at radius 1 is 0.926 bits per heavy atom. The molecule has 0 spiro atoms. The van der Waals surface area contributed by atoms with E-state index in [1.807, 2.05) is 20.8 Å². The molecule has 0 aromatic carbocycles. The van der Waals surface area contributed by atoms with Crippen LogP contribution in [-0.4, -0.2) is 48.3 Å². The van der Waals surface area contributed by atoms with Gasteiger partial charge in [0.05, 0.1) is 25.4 Å². The quantitative estimate of drug-likeness (QED) is 0.326. The second-order valence-corrected chi connectivity index (χ2v) is 8.89. The minimum Gasteiger partial charge on any atom is -0.392 e. The zero-order valence-electron chi connectivity index (χ0n) is 17.3. The molecular formula is C19H39O7P. The summed E-state index contributed by atoms with van der Waals surface area (Å²) in [5.41, 5.74) is 0. The largest absolute Gasteiger partial charge is 0.472 e. The predicted molar refractivity (Wildman–Crippen MR) is 104 cm³/mol. The molecule has 1 rings (SSSR count). The zero-order chi connectivity index (χ0) is 20.3. The maximum Gasteiger partial charge on any atom is 0.472 e. The highest BCUT2D eigenvalue weighted by atomic mass is 31.2. The van der Waals surface area contributed by atoms with Crippen molar-refractivity contribution >= 4 is 7.82 Å². The lowest BCUT2D eigenvalue weighted by Gasteiger charge is -2.42. The first-order valence-electron chi connectivity index (χ1n) is 10.4. The van der Waals surface area contributed by atoms with E-state index in [2.05, 4.69) is 6.92 Å². The standard InChI is InChI=1S/C19H39O7P/c1-5-7-13-24-27(21,22)25-14-11-9-8-10-12-23-19-16(4)18(20)15(3)17(6-2)26-19/h15-20H,5-14H2,1-4H3,(H,21,22)/t15-,16?,17?,18?,19+/m0/s1. The molecule has 1 aliphatic heterocycles. The van der Waals surface area contributed by atoms with Crippen molar-refractivity contribution in [2.45, 2.75) is 91.1 Å². The van der Waals surface area contributed by atoms with Gasteiger partial charge < -0.3 is 19.5 Å². The Labute approximate surface area is 164 Å². The van der Waals surface area contributed by atoms with Gasteiger partial charge in [0.15, 0.2) is 6.29 Å². The molecule has 0 amide bonds. The highest BCUT2D eigenvalue weighted by Crippen LogP contribution is 2.43. The van der Waals surface area contributed by atoms with Crippen LogP contribution in [0.1, 0.15) is 72.6 Å². The van der Waals surface area contributed by atoms with E-state index in [1.54, 1.807) is 0 Å². The van der Waals surface area contributed by atoms with Crippen LogP contribution in [0.2, 0.25) is 0 Å². The highest BCUT2D eigenvalue weighted by Gasteiger charge is 2.40. The molecule has 4 unspecified atom stereocenters. The van der Waals surface area contributed by atoms with Gasteiger partial charge in [-0.15, -0.1) is 0 Å². The van der Waals surface area contributed by atoms with Crippen LogP contribution in [0.25, 0.3) is 0 Å². The Balaban J connectivity index is 2.09. The van der Waals surface area contributed by atoms with Crippen molar-refractivity contribution in [1.29, 1.82) is 0 Å². The number of aliphatic hydroxyl groups excluding tert-OH is 1. The SMILES string of the molecule is CCCCOP(=O)(O)OCCCCCCO[C@@H]1OC(CC)[C@H](C)C(O)C1C. The molecule has 1 aliphatic rings. The molecule has 0 aromatic heterocycles. The van der Waals surface area contributed by atoms with E-state index in [9.17, 15) is 14.6 Å². The normalized spacial score (nSPS) is 31.0. The van der Waals surface area contributed by atoms with Crippen molar-refractivity contribution in [3.63, 3.8) is 0 Å². The maximum atomic E-state index is 11.6. The van der Waals surface area contributed by atoms with E-state index in [1.165, 1.54) is 0 Å². The Kier molecular flexibility index (Phi) is 12.3. The summed E-state index contributed by atoms with van der Waals surface area (Å²) < 4.78 is 33.2. The van der Waals surface area contributed by atoms with Crippen LogP contribution in [-0.2, 0) is 23.1 Å². The van der Waals surface area contributed by atoms with Gasteiger partial charge in [0.1, 0.15) is 0 Å². The van der Waals surface area contributed by atoms with E-state index in [0.717, 1.165) is 38.5 Å². The predicted octanol–water partition coefficient (Wildman–Crippen LogP) is 4.27. The van der Waals surface area contributed by atoms with Crippen LogP contribution in [0.15, 0.2) is 0 Å². The summed E-state index contributed by atoms with van der Waals surface area (Å²) in [6.45, 7) is 9.07. The topological polar surface area (TPSA) is 94.5 Å². The van der Waals surface area contributed by atoms with Gasteiger partial charge in [-0.1, -0.05) is 47.0 Å².